The van der Waals surface area contributed by atoms with E-state index < -0.39 is 0 Å². The van der Waals surface area contributed by atoms with Crippen LogP contribution < -0.4 is 5.73 Å². The minimum Gasteiger partial charge on any atom is -0.328 e. The molecule has 0 saturated carbocycles. The molecule has 0 radical (unpaired) electrons. The molecular weight excluding hydrogens is 155 g/mol. The zero-order valence-electron chi connectivity index (χ0n) is 7.52. The summed E-state index contributed by atoms with van der Waals surface area (Å²) in [5.41, 5.74) is 5.57. The molecular formula is C9H23FN2. The minimum atomic E-state index is -0.257. The molecule has 0 rings (SSSR count). The Morgan fingerprint density at radius 2 is 2.00 bits per heavy atom. The highest BCUT2D eigenvalue weighted by molar-refractivity contribution is 4.59. The highest BCUT2D eigenvalue weighted by Gasteiger charge is 2.02. The number of alkyl halides is 1. The summed E-state index contributed by atoms with van der Waals surface area (Å²) in [4.78, 5) is 2.07. The largest absolute Gasteiger partial charge is 0.328 e. The highest BCUT2D eigenvalue weighted by atomic mass is 19.1. The zero-order chi connectivity index (χ0) is 8.69. The molecule has 0 amide bonds. The van der Waals surface area contributed by atoms with Crippen molar-refractivity contribution in [3.63, 3.8) is 0 Å². The summed E-state index contributed by atoms with van der Waals surface area (Å²) in [6.45, 7) is 6.13. The van der Waals surface area contributed by atoms with Gasteiger partial charge in [0.15, 0.2) is 0 Å². The van der Waals surface area contributed by atoms with E-state index in [4.69, 9.17) is 5.73 Å². The molecule has 2 N–H and O–H groups in total. The van der Waals surface area contributed by atoms with E-state index in [0.29, 0.717) is 6.54 Å². The fourth-order valence-corrected chi connectivity index (χ4v) is 0.934. The second-order valence-corrected chi connectivity index (χ2v) is 2.89. The predicted molar refractivity (Wildman–Crippen MR) is 53.1 cm³/mol. The van der Waals surface area contributed by atoms with Gasteiger partial charge in [-0.1, -0.05) is 14.4 Å². The first-order valence-electron chi connectivity index (χ1n) is 4.24. The highest BCUT2D eigenvalue weighted by Crippen LogP contribution is 1.93. The standard InChI is InChI=1S/C8H19FN2.CH4/c1-3-11(7-5-9)6-4-8(2)10;/h8H,3-7,10H2,1-2H3;1H4. The lowest BCUT2D eigenvalue weighted by molar-refractivity contribution is 0.252. The molecule has 12 heavy (non-hydrogen) atoms. The average Bonchev–Trinajstić information content (AvgIpc) is 1.97. The van der Waals surface area contributed by atoms with E-state index >= 15 is 0 Å². The lowest BCUT2D eigenvalue weighted by atomic mass is 10.2. The van der Waals surface area contributed by atoms with Crippen LogP contribution in [0.4, 0.5) is 4.39 Å². The number of hydrogen-bond acceptors (Lipinski definition) is 2. The van der Waals surface area contributed by atoms with Gasteiger partial charge in [-0.25, -0.2) is 4.39 Å². The fraction of sp³-hybridized carbons (Fsp3) is 1.00. The van der Waals surface area contributed by atoms with E-state index in [1.165, 1.54) is 0 Å². The van der Waals surface area contributed by atoms with E-state index in [9.17, 15) is 4.39 Å². The molecule has 0 bridgehead atoms. The van der Waals surface area contributed by atoms with Gasteiger partial charge in [-0.15, -0.1) is 0 Å². The third-order valence-corrected chi connectivity index (χ3v) is 1.75. The van der Waals surface area contributed by atoms with Crippen LogP contribution in [0.1, 0.15) is 27.7 Å². The van der Waals surface area contributed by atoms with E-state index in [0.717, 1.165) is 19.5 Å². The molecule has 0 aromatic carbocycles. The fourth-order valence-electron chi connectivity index (χ4n) is 0.934. The molecule has 3 heteroatoms. The summed E-state index contributed by atoms with van der Waals surface area (Å²) in [6.07, 6.45) is 0.952. The Bertz CT molecular complexity index is 86.6. The van der Waals surface area contributed by atoms with E-state index in [2.05, 4.69) is 4.90 Å². The van der Waals surface area contributed by atoms with Crippen LogP contribution in [0.15, 0.2) is 0 Å². The Hall–Kier alpha value is -0.150. The van der Waals surface area contributed by atoms with Crippen LogP contribution in [0.5, 0.6) is 0 Å². The number of nitrogens with two attached hydrogens (primary N) is 1. The molecule has 0 fully saturated rings. The van der Waals surface area contributed by atoms with Crippen molar-refractivity contribution in [2.45, 2.75) is 33.7 Å². The summed E-state index contributed by atoms with van der Waals surface area (Å²) >= 11 is 0. The van der Waals surface area contributed by atoms with Gasteiger partial charge in [-0.05, 0) is 26.4 Å². The van der Waals surface area contributed by atoms with Crippen LogP contribution in [0.2, 0.25) is 0 Å². The smallest absolute Gasteiger partial charge is 0.102 e. The SMILES string of the molecule is C.CCN(CCF)CCC(C)N. The number of rotatable bonds is 6. The molecule has 2 nitrogen and oxygen atoms in total. The van der Waals surface area contributed by atoms with Crippen LogP contribution in [-0.4, -0.2) is 37.3 Å². The molecule has 0 aromatic heterocycles. The van der Waals surface area contributed by atoms with Crippen molar-refractivity contribution in [3.05, 3.63) is 0 Å². The maximum absolute atomic E-state index is 11.9. The molecule has 0 aromatic rings. The molecule has 0 aliphatic rings. The normalized spacial score (nSPS) is 12.8. The molecule has 0 aliphatic heterocycles. The second-order valence-electron chi connectivity index (χ2n) is 2.89. The summed E-state index contributed by atoms with van der Waals surface area (Å²) in [7, 11) is 0. The maximum atomic E-state index is 11.9. The van der Waals surface area contributed by atoms with Crippen LogP contribution in [0.3, 0.4) is 0 Å². The van der Waals surface area contributed by atoms with Gasteiger partial charge >= 0.3 is 0 Å². The Balaban J connectivity index is 0. The maximum Gasteiger partial charge on any atom is 0.102 e. The van der Waals surface area contributed by atoms with Gasteiger partial charge in [0, 0.05) is 12.6 Å². The number of halogens is 1. The average molecular weight is 178 g/mol. The van der Waals surface area contributed by atoms with Crippen molar-refractivity contribution in [1.82, 2.24) is 4.90 Å². The molecule has 1 atom stereocenters. The van der Waals surface area contributed by atoms with Gasteiger partial charge in [-0.3, -0.25) is 0 Å². The van der Waals surface area contributed by atoms with Crippen molar-refractivity contribution in [1.29, 1.82) is 0 Å². The monoisotopic (exact) mass is 178 g/mol. The first kappa shape index (κ1) is 14.4. The molecule has 0 saturated heterocycles. The quantitative estimate of drug-likeness (QED) is 0.670. The Morgan fingerprint density at radius 3 is 2.33 bits per heavy atom. The number of hydrogen-bond donors (Lipinski definition) is 1. The van der Waals surface area contributed by atoms with E-state index in [1.54, 1.807) is 0 Å². The van der Waals surface area contributed by atoms with Gasteiger partial charge in [0.25, 0.3) is 0 Å². The molecule has 0 heterocycles. The lowest BCUT2D eigenvalue weighted by Crippen LogP contribution is -2.30. The first-order chi connectivity index (χ1) is 5.20. The molecule has 0 aliphatic carbocycles. The van der Waals surface area contributed by atoms with Crippen molar-refractivity contribution in [3.8, 4) is 0 Å². The molecule has 76 valence electrons. The first-order valence-corrected chi connectivity index (χ1v) is 4.24. The van der Waals surface area contributed by atoms with Gasteiger partial charge in [0.2, 0.25) is 0 Å². The molecule has 0 spiro atoms. The van der Waals surface area contributed by atoms with Gasteiger partial charge in [0.05, 0.1) is 0 Å². The third-order valence-electron chi connectivity index (χ3n) is 1.75. The topological polar surface area (TPSA) is 29.3 Å². The Morgan fingerprint density at radius 1 is 1.42 bits per heavy atom. The van der Waals surface area contributed by atoms with Crippen LogP contribution >= 0.6 is 0 Å². The van der Waals surface area contributed by atoms with E-state index in [-0.39, 0.29) is 20.1 Å². The van der Waals surface area contributed by atoms with E-state index in [1.807, 2.05) is 13.8 Å². The number of nitrogens with zero attached hydrogens (tertiary/aromatic N) is 1. The van der Waals surface area contributed by atoms with Crippen LogP contribution in [0.25, 0.3) is 0 Å². The van der Waals surface area contributed by atoms with Crippen molar-refractivity contribution < 1.29 is 4.39 Å². The Kier molecular flexibility index (Phi) is 10.7. The van der Waals surface area contributed by atoms with Crippen molar-refractivity contribution >= 4 is 0 Å². The summed E-state index contributed by atoms with van der Waals surface area (Å²) in [5.74, 6) is 0. The second kappa shape index (κ2) is 8.94. The van der Waals surface area contributed by atoms with Crippen LogP contribution in [-0.2, 0) is 0 Å². The molecule has 1 unspecified atom stereocenters. The van der Waals surface area contributed by atoms with Crippen molar-refractivity contribution in [2.24, 2.45) is 5.73 Å². The van der Waals surface area contributed by atoms with Crippen molar-refractivity contribution in [2.75, 3.05) is 26.3 Å². The Labute approximate surface area is 75.9 Å². The minimum absolute atomic E-state index is 0. The van der Waals surface area contributed by atoms with Gasteiger partial charge < -0.3 is 10.6 Å². The zero-order valence-corrected chi connectivity index (χ0v) is 7.52. The summed E-state index contributed by atoms with van der Waals surface area (Å²) in [6, 6.07) is 0.226. The predicted octanol–water partition coefficient (Wildman–Crippen LogP) is 1.65. The van der Waals surface area contributed by atoms with Gasteiger partial charge in [-0.2, -0.15) is 0 Å². The summed E-state index contributed by atoms with van der Waals surface area (Å²) in [5, 5.41) is 0. The van der Waals surface area contributed by atoms with Gasteiger partial charge in [0.1, 0.15) is 6.67 Å². The van der Waals surface area contributed by atoms with Crippen LogP contribution in [0, 0.1) is 0 Å². The third kappa shape index (κ3) is 7.95. The lowest BCUT2D eigenvalue weighted by Gasteiger charge is -2.19. The summed E-state index contributed by atoms with van der Waals surface area (Å²) < 4.78 is 11.9.